The molecule has 0 spiro atoms. The van der Waals surface area contributed by atoms with Crippen LogP contribution in [-0.2, 0) is 0 Å². The lowest BCUT2D eigenvalue weighted by Crippen LogP contribution is -2.57. The lowest BCUT2D eigenvalue weighted by Gasteiger charge is -2.62. The molecule has 15 heavy (non-hydrogen) atoms. The van der Waals surface area contributed by atoms with Crippen molar-refractivity contribution in [1.82, 2.24) is 0 Å². The molecule has 4 aliphatic carbocycles. The Morgan fingerprint density at radius 2 is 1.87 bits per heavy atom. The predicted molar refractivity (Wildman–Crippen MR) is 62.0 cm³/mol. The van der Waals surface area contributed by atoms with Crippen LogP contribution in [0.2, 0.25) is 0 Å². The molecule has 0 aromatic rings. The first kappa shape index (κ1) is 9.73. The molecule has 4 bridgehead atoms. The van der Waals surface area contributed by atoms with E-state index in [2.05, 4.69) is 12.8 Å². The number of nitrogens with two attached hydrogens (primary N) is 1. The van der Waals surface area contributed by atoms with E-state index in [9.17, 15) is 0 Å². The smallest absolute Gasteiger partial charge is 0.0719 e. The van der Waals surface area contributed by atoms with Crippen LogP contribution >= 0.6 is 0 Å². The largest absolute Gasteiger partial charge is 0.317 e. The van der Waals surface area contributed by atoms with Gasteiger partial charge in [-0.25, -0.2) is 0 Å². The van der Waals surface area contributed by atoms with E-state index >= 15 is 0 Å². The zero-order valence-electron chi connectivity index (χ0n) is 9.63. The summed E-state index contributed by atoms with van der Waals surface area (Å²) in [5.41, 5.74) is 7.08. The number of terminal acetylenes is 1. The van der Waals surface area contributed by atoms with E-state index in [0.717, 1.165) is 11.8 Å². The van der Waals surface area contributed by atoms with E-state index in [-0.39, 0.29) is 6.04 Å². The van der Waals surface area contributed by atoms with Gasteiger partial charge in [0.2, 0.25) is 0 Å². The Labute approximate surface area is 92.8 Å². The van der Waals surface area contributed by atoms with Crippen LogP contribution in [0, 0.1) is 35.0 Å². The van der Waals surface area contributed by atoms with Crippen molar-refractivity contribution in [2.75, 3.05) is 0 Å². The van der Waals surface area contributed by atoms with Crippen molar-refractivity contribution in [3.8, 4) is 12.3 Å². The van der Waals surface area contributed by atoms with Crippen LogP contribution in [0.1, 0.15) is 45.4 Å². The van der Waals surface area contributed by atoms with Crippen LogP contribution in [0.5, 0.6) is 0 Å². The average molecular weight is 203 g/mol. The molecule has 3 unspecified atom stereocenters. The molecular weight excluding hydrogens is 182 g/mol. The van der Waals surface area contributed by atoms with Crippen molar-refractivity contribution in [2.45, 2.75) is 51.5 Å². The van der Waals surface area contributed by atoms with Crippen molar-refractivity contribution < 1.29 is 0 Å². The van der Waals surface area contributed by atoms with Gasteiger partial charge in [-0.05, 0) is 61.2 Å². The Balaban J connectivity index is 1.96. The summed E-state index contributed by atoms with van der Waals surface area (Å²) in [4.78, 5) is 0. The lowest BCUT2D eigenvalue weighted by molar-refractivity contribution is -0.105. The maximum atomic E-state index is 6.19. The molecule has 3 atom stereocenters. The Morgan fingerprint density at radius 1 is 1.27 bits per heavy atom. The molecular formula is C14H21N. The first-order valence-corrected chi connectivity index (χ1v) is 6.27. The molecule has 4 rings (SSSR count). The lowest BCUT2D eigenvalue weighted by atomic mass is 9.43. The fourth-order valence-electron chi connectivity index (χ4n) is 5.34. The van der Waals surface area contributed by atoms with E-state index in [0.29, 0.717) is 10.8 Å². The Hall–Kier alpha value is -0.480. The summed E-state index contributed by atoms with van der Waals surface area (Å²) in [6, 6.07) is 0.00252. The van der Waals surface area contributed by atoms with Crippen LogP contribution in [-0.4, -0.2) is 6.04 Å². The topological polar surface area (TPSA) is 26.0 Å². The van der Waals surface area contributed by atoms with Gasteiger partial charge < -0.3 is 5.73 Å². The van der Waals surface area contributed by atoms with E-state index in [1.165, 1.54) is 38.5 Å². The molecule has 4 saturated carbocycles. The second-order valence-electron chi connectivity index (χ2n) is 6.78. The first-order chi connectivity index (χ1) is 7.05. The van der Waals surface area contributed by atoms with Gasteiger partial charge in [-0.3, -0.25) is 0 Å². The van der Waals surface area contributed by atoms with Crippen LogP contribution in [0.4, 0.5) is 0 Å². The monoisotopic (exact) mass is 203 g/mol. The van der Waals surface area contributed by atoms with Crippen molar-refractivity contribution >= 4 is 0 Å². The molecule has 0 aromatic heterocycles. The molecule has 1 heteroatoms. The van der Waals surface area contributed by atoms with Gasteiger partial charge in [0.25, 0.3) is 0 Å². The third-order valence-corrected chi connectivity index (χ3v) is 5.24. The van der Waals surface area contributed by atoms with Crippen molar-refractivity contribution in [3.05, 3.63) is 0 Å². The minimum absolute atomic E-state index is 0.00252. The molecule has 0 aromatic carbocycles. The van der Waals surface area contributed by atoms with Crippen molar-refractivity contribution in [3.63, 3.8) is 0 Å². The summed E-state index contributed by atoms with van der Waals surface area (Å²) in [6.07, 6.45) is 13.8. The summed E-state index contributed by atoms with van der Waals surface area (Å²) >= 11 is 0. The quantitative estimate of drug-likeness (QED) is 0.651. The first-order valence-electron chi connectivity index (χ1n) is 6.27. The van der Waals surface area contributed by atoms with Crippen LogP contribution in [0.25, 0.3) is 0 Å². The molecule has 1 nitrogen and oxygen atoms in total. The van der Waals surface area contributed by atoms with Gasteiger partial charge in [-0.15, -0.1) is 6.42 Å². The Morgan fingerprint density at radius 3 is 2.33 bits per heavy atom. The minimum atomic E-state index is 0.00252. The molecule has 2 N–H and O–H groups in total. The molecule has 4 aliphatic rings. The summed E-state index contributed by atoms with van der Waals surface area (Å²) in [5.74, 6) is 4.67. The van der Waals surface area contributed by atoms with Gasteiger partial charge >= 0.3 is 0 Å². The normalized spacial score (nSPS) is 53.9. The Kier molecular flexibility index (Phi) is 1.81. The maximum Gasteiger partial charge on any atom is 0.0719 e. The zero-order valence-corrected chi connectivity index (χ0v) is 9.63. The summed E-state index contributed by atoms with van der Waals surface area (Å²) < 4.78 is 0. The number of rotatable bonds is 1. The molecule has 4 fully saturated rings. The van der Waals surface area contributed by atoms with E-state index in [1.807, 2.05) is 0 Å². The van der Waals surface area contributed by atoms with Crippen LogP contribution < -0.4 is 5.73 Å². The second-order valence-corrected chi connectivity index (χ2v) is 6.78. The van der Waals surface area contributed by atoms with Crippen molar-refractivity contribution in [2.24, 2.45) is 28.4 Å². The average Bonchev–Trinajstić information content (AvgIpc) is 2.12. The maximum absolute atomic E-state index is 6.19. The predicted octanol–water partition coefficient (Wildman–Crippen LogP) is 2.55. The molecule has 82 valence electrons. The van der Waals surface area contributed by atoms with Gasteiger partial charge in [-0.2, -0.15) is 0 Å². The van der Waals surface area contributed by atoms with Gasteiger partial charge in [0.1, 0.15) is 0 Å². The minimum Gasteiger partial charge on any atom is -0.317 e. The molecule has 0 heterocycles. The highest BCUT2D eigenvalue weighted by atomic mass is 14.7. The molecule has 0 amide bonds. The fourth-order valence-corrected chi connectivity index (χ4v) is 5.34. The number of hydrogen-bond donors (Lipinski definition) is 1. The van der Waals surface area contributed by atoms with Gasteiger partial charge in [0, 0.05) is 0 Å². The van der Waals surface area contributed by atoms with Crippen molar-refractivity contribution in [1.29, 1.82) is 0 Å². The SMILES string of the molecule is C#CC(N)C12CC3CC(CC(C)(C3)C1)C2. The summed E-state index contributed by atoms with van der Waals surface area (Å²) in [5, 5.41) is 0. The highest BCUT2D eigenvalue weighted by Gasteiger charge is 2.57. The molecule has 0 saturated heterocycles. The van der Waals surface area contributed by atoms with E-state index < -0.39 is 0 Å². The van der Waals surface area contributed by atoms with Crippen LogP contribution in [0.3, 0.4) is 0 Å². The third kappa shape index (κ3) is 1.27. The summed E-state index contributed by atoms with van der Waals surface area (Å²) in [7, 11) is 0. The standard InChI is InChI=1S/C14H21N/c1-3-12(15)14-7-10-4-11(8-14)6-13(2,5-10)9-14/h1,10-12H,4-9,15H2,2H3. The Bertz CT molecular complexity index is 311. The highest BCUT2D eigenvalue weighted by molar-refractivity contribution is 5.16. The van der Waals surface area contributed by atoms with Gasteiger partial charge in [-0.1, -0.05) is 12.8 Å². The number of hydrogen-bond acceptors (Lipinski definition) is 1. The van der Waals surface area contributed by atoms with Gasteiger partial charge in [0.05, 0.1) is 6.04 Å². The summed E-state index contributed by atoms with van der Waals surface area (Å²) in [6.45, 7) is 2.46. The van der Waals surface area contributed by atoms with E-state index in [4.69, 9.17) is 12.2 Å². The fraction of sp³-hybridized carbons (Fsp3) is 0.857. The zero-order chi connectivity index (χ0) is 10.7. The second kappa shape index (κ2) is 2.80. The third-order valence-electron chi connectivity index (χ3n) is 5.24. The molecule has 0 aliphatic heterocycles. The highest BCUT2D eigenvalue weighted by Crippen LogP contribution is 2.65. The molecule has 0 radical (unpaired) electrons. The van der Waals surface area contributed by atoms with E-state index in [1.54, 1.807) is 0 Å². The van der Waals surface area contributed by atoms with Gasteiger partial charge in [0.15, 0.2) is 0 Å². The van der Waals surface area contributed by atoms with Crippen LogP contribution in [0.15, 0.2) is 0 Å².